The Morgan fingerprint density at radius 3 is 2.57 bits per heavy atom. The van der Waals surface area contributed by atoms with Gasteiger partial charge in [0.1, 0.15) is 12.1 Å². The molecule has 1 aliphatic rings. The maximum Gasteiger partial charge on any atom is 0.245 e. The van der Waals surface area contributed by atoms with Crippen LogP contribution in [0, 0.1) is 11.4 Å². The fraction of sp³-hybridized carbons (Fsp3) is 0.440. The van der Waals surface area contributed by atoms with Crippen molar-refractivity contribution in [3.05, 3.63) is 65.6 Å². The molecule has 190 valence electrons. The second kappa shape index (κ2) is 13.3. The van der Waals surface area contributed by atoms with E-state index in [9.17, 15) is 14.7 Å². The molecule has 1 aromatic rings. The molecule has 0 aromatic heterocycles. The van der Waals surface area contributed by atoms with Gasteiger partial charge in [0.25, 0.3) is 0 Å². The topological polar surface area (TPSA) is 170 Å². The molecule has 10 nitrogen and oxygen atoms in total. The summed E-state index contributed by atoms with van der Waals surface area (Å²) in [6.07, 6.45) is 7.51. The number of rotatable bonds is 11. The normalized spacial score (nSPS) is 18.5. The molecule has 1 fully saturated rings. The Kier molecular flexibility index (Phi) is 10.5. The molecule has 0 aliphatic carbocycles. The number of hydrogen-bond acceptors (Lipinski definition) is 8. The highest BCUT2D eigenvalue weighted by atomic mass is 16.3. The van der Waals surface area contributed by atoms with Crippen LogP contribution in [0.4, 0.5) is 0 Å². The minimum absolute atomic E-state index is 0.0351. The van der Waals surface area contributed by atoms with E-state index in [1.54, 1.807) is 42.3 Å². The molecule has 0 spiro atoms. The fourth-order valence-corrected chi connectivity index (χ4v) is 3.94. The minimum Gasteiger partial charge on any atom is -0.405 e. The third-order valence-electron chi connectivity index (χ3n) is 5.95. The van der Waals surface area contributed by atoms with Crippen molar-refractivity contribution < 1.29 is 14.7 Å². The third-order valence-corrected chi connectivity index (χ3v) is 5.95. The van der Waals surface area contributed by atoms with Gasteiger partial charge in [-0.25, -0.2) is 5.53 Å². The molecule has 0 radical (unpaired) electrons. The Bertz CT molecular complexity index is 970. The van der Waals surface area contributed by atoms with E-state index in [1.165, 1.54) is 6.20 Å². The summed E-state index contributed by atoms with van der Waals surface area (Å²) in [6, 6.07) is 5.43. The summed E-state index contributed by atoms with van der Waals surface area (Å²) >= 11 is 0. The highest BCUT2D eigenvalue weighted by molar-refractivity contribution is 5.90. The van der Waals surface area contributed by atoms with Crippen molar-refractivity contribution in [1.82, 2.24) is 15.5 Å². The number of nitrogens with one attached hydrogen (secondary N) is 3. The zero-order valence-electron chi connectivity index (χ0n) is 20.6. The average molecular weight is 484 g/mol. The number of aliphatic hydroxyl groups excluding tert-OH is 1. The summed E-state index contributed by atoms with van der Waals surface area (Å²) in [4.78, 5) is 28.1. The van der Waals surface area contributed by atoms with Gasteiger partial charge in [0.15, 0.2) is 0 Å². The van der Waals surface area contributed by atoms with Crippen molar-refractivity contribution in [3.8, 4) is 0 Å². The van der Waals surface area contributed by atoms with Crippen LogP contribution in [-0.4, -0.2) is 47.1 Å². The van der Waals surface area contributed by atoms with E-state index >= 15 is 0 Å². The number of allylic oxidation sites excluding steroid dienone is 3. The molecule has 2 amide bonds. The van der Waals surface area contributed by atoms with E-state index in [0.717, 1.165) is 11.1 Å². The van der Waals surface area contributed by atoms with Crippen molar-refractivity contribution in [3.63, 3.8) is 0 Å². The molecular weight excluding hydrogens is 446 g/mol. The van der Waals surface area contributed by atoms with Crippen molar-refractivity contribution >= 4 is 17.5 Å². The van der Waals surface area contributed by atoms with Crippen molar-refractivity contribution in [1.29, 1.82) is 5.53 Å². The number of carbonyl (C=O) groups excluding carboxylic acids is 2. The van der Waals surface area contributed by atoms with E-state index in [0.29, 0.717) is 30.8 Å². The Balaban J connectivity index is 2.13. The first-order chi connectivity index (χ1) is 16.7. The van der Waals surface area contributed by atoms with Crippen LogP contribution in [-0.2, 0) is 9.59 Å². The Morgan fingerprint density at radius 2 is 2.00 bits per heavy atom. The van der Waals surface area contributed by atoms with Crippen molar-refractivity contribution in [2.24, 2.45) is 22.5 Å². The van der Waals surface area contributed by atoms with Crippen LogP contribution in [0.25, 0.3) is 5.70 Å². The fourth-order valence-electron chi connectivity index (χ4n) is 3.94. The highest BCUT2D eigenvalue weighted by Gasteiger charge is 2.38. The summed E-state index contributed by atoms with van der Waals surface area (Å²) in [7, 11) is 0. The van der Waals surface area contributed by atoms with E-state index in [2.05, 4.69) is 15.7 Å². The molecule has 1 aliphatic heterocycles. The smallest absolute Gasteiger partial charge is 0.245 e. The maximum absolute atomic E-state index is 13.3. The number of nitrogens with two attached hydrogens (primary N) is 2. The van der Waals surface area contributed by atoms with Crippen LogP contribution in [0.15, 0.2) is 59.6 Å². The summed E-state index contributed by atoms with van der Waals surface area (Å²) in [5.41, 5.74) is 20.9. The van der Waals surface area contributed by atoms with Gasteiger partial charge < -0.3 is 32.1 Å². The van der Waals surface area contributed by atoms with Gasteiger partial charge >= 0.3 is 0 Å². The predicted octanol–water partition coefficient (Wildman–Crippen LogP) is 2.11. The molecule has 1 saturated heterocycles. The first-order valence-electron chi connectivity index (χ1n) is 11.7. The number of benzene rings is 1. The lowest BCUT2D eigenvalue weighted by molar-refractivity contribution is -0.141. The minimum atomic E-state index is -0.619. The van der Waals surface area contributed by atoms with E-state index in [-0.39, 0.29) is 24.3 Å². The first-order valence-corrected chi connectivity index (χ1v) is 11.7. The van der Waals surface area contributed by atoms with Crippen molar-refractivity contribution in [2.75, 3.05) is 13.2 Å². The molecular formula is C25H37N7O3. The lowest BCUT2D eigenvalue weighted by Crippen LogP contribution is -2.53. The second-order valence-electron chi connectivity index (χ2n) is 8.85. The number of nitrogens with zero attached hydrogens (tertiary/aromatic N) is 2. The largest absolute Gasteiger partial charge is 0.405 e. The van der Waals surface area contributed by atoms with Crippen LogP contribution < -0.4 is 22.1 Å². The Hall–Kier alpha value is -3.66. The standard InChI is InChI=1S/C25H37N7O3/c1-16(2)23(29-14-17(3)31-28)25(35)32-13-5-7-22(32)24(34)30-21(15-33)19-10-8-18(9-11-19)20(27)6-4-12-26/h4,6,8-12,14,16,21-23,28-29,33H,5,7,13,15,26-27H2,1-3H3,(H,30,34)/b12-4-,17-14-,20-6-,31-28?/t21-,22-,23-/m0/s1. The second-order valence-corrected chi connectivity index (χ2v) is 8.85. The van der Waals surface area contributed by atoms with Crippen molar-refractivity contribution in [2.45, 2.75) is 51.7 Å². The summed E-state index contributed by atoms with van der Waals surface area (Å²) in [5.74, 6) is -0.514. The molecule has 1 heterocycles. The average Bonchev–Trinajstić information content (AvgIpc) is 3.35. The molecule has 35 heavy (non-hydrogen) atoms. The van der Waals surface area contributed by atoms with E-state index in [4.69, 9.17) is 17.0 Å². The molecule has 8 N–H and O–H groups in total. The first kappa shape index (κ1) is 27.6. The molecule has 1 aromatic carbocycles. The molecule has 0 saturated carbocycles. The number of carbonyl (C=O) groups is 2. The summed E-state index contributed by atoms with van der Waals surface area (Å²) in [5, 5.41) is 19.2. The summed E-state index contributed by atoms with van der Waals surface area (Å²) < 4.78 is 0. The van der Waals surface area contributed by atoms with Gasteiger partial charge in [-0.2, -0.15) is 5.11 Å². The van der Waals surface area contributed by atoms with Crippen LogP contribution >= 0.6 is 0 Å². The Labute approximate surface area is 206 Å². The SMILES string of the molecule is C/C(=C/N[C@H](C(=O)N1CCC[C@H]1C(=O)N[C@@H](CO)c1ccc(/C(N)=C/C=C\N)cc1)C(C)C)N=N. The highest BCUT2D eigenvalue weighted by Crippen LogP contribution is 2.23. The summed E-state index contributed by atoms with van der Waals surface area (Å²) in [6.45, 7) is 5.69. The third kappa shape index (κ3) is 7.41. The van der Waals surface area contributed by atoms with Gasteiger partial charge in [0.05, 0.1) is 18.3 Å². The number of likely N-dealkylation sites (tertiary alicyclic amines) is 1. The van der Waals surface area contributed by atoms with Crippen LogP contribution in [0.2, 0.25) is 0 Å². The van der Waals surface area contributed by atoms with Gasteiger partial charge in [0.2, 0.25) is 11.8 Å². The van der Waals surface area contributed by atoms with Crippen LogP contribution in [0.1, 0.15) is 50.8 Å². The number of aliphatic hydroxyl groups is 1. The van der Waals surface area contributed by atoms with Crippen LogP contribution in [0.5, 0.6) is 0 Å². The molecule has 10 heteroatoms. The predicted molar refractivity (Wildman–Crippen MR) is 135 cm³/mol. The van der Waals surface area contributed by atoms with Gasteiger partial charge in [-0.15, -0.1) is 0 Å². The zero-order valence-corrected chi connectivity index (χ0v) is 20.6. The van der Waals surface area contributed by atoms with Gasteiger partial charge in [-0.05, 0) is 55.2 Å². The zero-order chi connectivity index (χ0) is 26.0. The molecule has 0 bridgehead atoms. The lowest BCUT2D eigenvalue weighted by Gasteiger charge is -2.31. The molecule has 2 rings (SSSR count). The number of amides is 2. The van der Waals surface area contributed by atoms with Crippen LogP contribution in [0.3, 0.4) is 0 Å². The molecule has 3 atom stereocenters. The Morgan fingerprint density at radius 1 is 1.31 bits per heavy atom. The van der Waals surface area contributed by atoms with Gasteiger partial charge in [0, 0.05) is 18.4 Å². The molecule has 0 unspecified atom stereocenters. The van der Waals surface area contributed by atoms with E-state index < -0.39 is 18.1 Å². The number of hydrogen-bond donors (Lipinski definition) is 6. The maximum atomic E-state index is 13.3. The van der Waals surface area contributed by atoms with Gasteiger partial charge in [-0.1, -0.05) is 38.1 Å². The lowest BCUT2D eigenvalue weighted by atomic mass is 10.0. The monoisotopic (exact) mass is 483 g/mol. The quantitative estimate of drug-likeness (QED) is 0.208. The van der Waals surface area contributed by atoms with Gasteiger partial charge in [-0.3, -0.25) is 9.59 Å². The van der Waals surface area contributed by atoms with E-state index in [1.807, 2.05) is 26.0 Å².